The van der Waals surface area contributed by atoms with Gasteiger partial charge in [-0.2, -0.15) is 11.8 Å². The zero-order valence-corrected chi connectivity index (χ0v) is 10.4. The van der Waals surface area contributed by atoms with Crippen molar-refractivity contribution in [3.8, 4) is 5.75 Å². The van der Waals surface area contributed by atoms with Gasteiger partial charge in [0.2, 0.25) is 9.84 Å². The fourth-order valence-corrected chi connectivity index (χ4v) is 4.34. The maximum absolute atomic E-state index is 12.1. The fraction of sp³-hybridized carbons (Fsp3) is 0.273. The summed E-state index contributed by atoms with van der Waals surface area (Å²) in [6.07, 6.45) is 1.65. The minimum absolute atomic E-state index is 0.0571. The summed E-state index contributed by atoms with van der Waals surface area (Å²) in [5.41, 5.74) is 0.590. The van der Waals surface area contributed by atoms with Crippen LogP contribution in [0.15, 0.2) is 28.0 Å². The highest BCUT2D eigenvalue weighted by molar-refractivity contribution is 8.02. The first-order chi connectivity index (χ1) is 7.57. The molecule has 1 N–H and O–H groups in total. The Labute approximate surface area is 99.1 Å². The van der Waals surface area contributed by atoms with Gasteiger partial charge in [-0.05, 0) is 23.5 Å². The van der Waals surface area contributed by atoms with Crippen molar-refractivity contribution >= 4 is 27.7 Å². The van der Waals surface area contributed by atoms with Crippen molar-refractivity contribution in [1.82, 2.24) is 0 Å². The molecule has 0 amide bonds. The Morgan fingerprint density at radius 2 is 2.12 bits per heavy atom. The Hall–Kier alpha value is -0.940. The van der Waals surface area contributed by atoms with Crippen molar-refractivity contribution in [3.63, 3.8) is 0 Å². The van der Waals surface area contributed by atoms with E-state index in [1.54, 1.807) is 30.0 Å². The lowest BCUT2D eigenvalue weighted by atomic mass is 10.2. The average Bonchev–Trinajstić information content (AvgIpc) is 2.48. The number of phenols is 1. The quantitative estimate of drug-likeness (QED) is 0.901. The third-order valence-corrected chi connectivity index (χ3v) is 5.44. The highest BCUT2D eigenvalue weighted by Crippen LogP contribution is 2.39. The van der Waals surface area contributed by atoms with Crippen LogP contribution in [0, 0.1) is 0 Å². The summed E-state index contributed by atoms with van der Waals surface area (Å²) in [7, 11) is -3.46. The Bertz CT molecular complexity index is 544. The van der Waals surface area contributed by atoms with Crippen LogP contribution < -0.4 is 0 Å². The average molecular weight is 256 g/mol. The summed E-state index contributed by atoms with van der Waals surface area (Å²) in [6, 6.07) is 4.76. The van der Waals surface area contributed by atoms with E-state index < -0.39 is 9.84 Å². The number of benzene rings is 1. The third kappa shape index (κ3) is 1.74. The van der Waals surface area contributed by atoms with Gasteiger partial charge in [-0.15, -0.1) is 0 Å². The smallest absolute Gasteiger partial charge is 0.207 e. The molecule has 0 aliphatic carbocycles. The molecule has 1 aliphatic rings. The number of hydrogen-bond acceptors (Lipinski definition) is 4. The molecule has 1 heterocycles. The fourth-order valence-electron chi connectivity index (χ4n) is 1.65. The molecule has 0 saturated heterocycles. The Kier molecular flexibility index (Phi) is 2.99. The molecule has 0 atom stereocenters. The van der Waals surface area contributed by atoms with E-state index in [1.807, 2.05) is 6.92 Å². The second-order valence-corrected chi connectivity index (χ2v) is 6.66. The van der Waals surface area contributed by atoms with Crippen LogP contribution in [0.5, 0.6) is 5.75 Å². The third-order valence-electron chi connectivity index (χ3n) is 2.40. The van der Waals surface area contributed by atoms with Gasteiger partial charge >= 0.3 is 0 Å². The van der Waals surface area contributed by atoms with Crippen LogP contribution >= 0.6 is 11.8 Å². The minimum atomic E-state index is -3.46. The van der Waals surface area contributed by atoms with Crippen molar-refractivity contribution in [2.24, 2.45) is 0 Å². The first-order valence-corrected chi connectivity index (χ1v) is 7.56. The van der Waals surface area contributed by atoms with E-state index in [-0.39, 0.29) is 10.6 Å². The maximum atomic E-state index is 12.1. The summed E-state index contributed by atoms with van der Waals surface area (Å²) < 4.78 is 24.1. The van der Waals surface area contributed by atoms with Gasteiger partial charge in [-0.3, -0.25) is 0 Å². The molecule has 1 aromatic carbocycles. The van der Waals surface area contributed by atoms with Gasteiger partial charge < -0.3 is 5.11 Å². The van der Waals surface area contributed by atoms with Crippen LogP contribution in [0.4, 0.5) is 0 Å². The van der Waals surface area contributed by atoms with E-state index >= 15 is 0 Å². The molecule has 16 heavy (non-hydrogen) atoms. The van der Waals surface area contributed by atoms with Crippen molar-refractivity contribution in [1.29, 1.82) is 0 Å². The molecule has 1 aliphatic heterocycles. The van der Waals surface area contributed by atoms with Crippen molar-refractivity contribution in [3.05, 3.63) is 28.7 Å². The maximum Gasteiger partial charge on any atom is 0.207 e. The summed E-state index contributed by atoms with van der Waals surface area (Å²) in [5.74, 6) is 1.17. The topological polar surface area (TPSA) is 54.4 Å². The van der Waals surface area contributed by atoms with E-state index in [9.17, 15) is 13.5 Å². The number of hydrogen-bond donors (Lipinski definition) is 1. The zero-order valence-electron chi connectivity index (χ0n) is 8.80. The number of aromatic hydroxyl groups is 1. The van der Waals surface area contributed by atoms with Gasteiger partial charge in [0.05, 0.1) is 4.91 Å². The molecule has 0 spiro atoms. The number of rotatable bonds is 3. The van der Waals surface area contributed by atoms with Crippen LogP contribution in [-0.2, 0) is 9.84 Å². The van der Waals surface area contributed by atoms with Crippen LogP contribution in [0.2, 0.25) is 0 Å². The Balaban J connectivity index is 2.48. The van der Waals surface area contributed by atoms with Crippen molar-refractivity contribution in [2.45, 2.75) is 11.8 Å². The Morgan fingerprint density at radius 3 is 2.75 bits per heavy atom. The molecule has 2 rings (SSSR count). The van der Waals surface area contributed by atoms with Crippen molar-refractivity contribution in [2.75, 3.05) is 11.5 Å². The summed E-state index contributed by atoms with van der Waals surface area (Å²) in [6.45, 7) is 1.98. The van der Waals surface area contributed by atoms with E-state index in [1.165, 1.54) is 6.07 Å². The van der Waals surface area contributed by atoms with Gasteiger partial charge in [-0.25, -0.2) is 8.42 Å². The summed E-state index contributed by atoms with van der Waals surface area (Å²) in [4.78, 5) is 0.442. The largest absolute Gasteiger partial charge is 0.507 e. The second kappa shape index (κ2) is 4.14. The van der Waals surface area contributed by atoms with Crippen molar-refractivity contribution < 1.29 is 13.5 Å². The zero-order chi connectivity index (χ0) is 11.8. The van der Waals surface area contributed by atoms with Crippen LogP contribution in [0.1, 0.15) is 12.5 Å². The molecular formula is C11H12O3S2. The van der Waals surface area contributed by atoms with E-state index in [2.05, 4.69) is 0 Å². The van der Waals surface area contributed by atoms with Gasteiger partial charge in [0.25, 0.3) is 0 Å². The van der Waals surface area contributed by atoms with Gasteiger partial charge in [-0.1, -0.05) is 19.1 Å². The summed E-state index contributed by atoms with van der Waals surface area (Å²) in [5, 5.41) is 9.59. The first-order valence-electron chi connectivity index (χ1n) is 4.92. The van der Waals surface area contributed by atoms with Gasteiger partial charge in [0, 0.05) is 5.75 Å². The molecule has 0 radical (unpaired) electrons. The number of phenolic OH excluding ortho intramolecular Hbond substituents is 1. The van der Waals surface area contributed by atoms with Gasteiger partial charge in [0.1, 0.15) is 10.6 Å². The second-order valence-electron chi connectivity index (χ2n) is 3.45. The van der Waals surface area contributed by atoms with Crippen LogP contribution in [0.3, 0.4) is 0 Å². The van der Waals surface area contributed by atoms with E-state index in [0.717, 1.165) is 5.75 Å². The van der Waals surface area contributed by atoms with Gasteiger partial charge in [0.15, 0.2) is 0 Å². The lowest BCUT2D eigenvalue weighted by Crippen LogP contribution is -2.03. The lowest BCUT2D eigenvalue weighted by molar-refractivity contribution is 0.459. The number of fused-ring (bicyclic) bond motifs is 1. The molecule has 0 aromatic heterocycles. The first kappa shape index (κ1) is 11.5. The predicted octanol–water partition coefficient (Wildman–Crippen LogP) is 2.27. The molecule has 86 valence electrons. The highest BCUT2D eigenvalue weighted by Gasteiger charge is 2.31. The molecule has 3 nitrogen and oxygen atoms in total. The minimum Gasteiger partial charge on any atom is -0.507 e. The highest BCUT2D eigenvalue weighted by atomic mass is 32.2. The van der Waals surface area contributed by atoms with Crippen LogP contribution in [0.25, 0.3) is 6.08 Å². The molecule has 0 bridgehead atoms. The van der Waals surface area contributed by atoms with Crippen LogP contribution in [-0.4, -0.2) is 25.0 Å². The summed E-state index contributed by atoms with van der Waals surface area (Å²) >= 11 is 1.56. The molecular weight excluding hydrogens is 244 g/mol. The monoisotopic (exact) mass is 256 g/mol. The molecule has 0 unspecified atom stereocenters. The van der Waals surface area contributed by atoms with E-state index in [0.29, 0.717) is 16.2 Å². The number of thioether (sulfide) groups is 1. The molecule has 5 heteroatoms. The van der Waals surface area contributed by atoms with E-state index in [4.69, 9.17) is 0 Å². The molecule has 1 aromatic rings. The molecule has 0 saturated carbocycles. The predicted molar refractivity (Wildman–Crippen MR) is 66.3 cm³/mol. The SMILES string of the molecule is CCSCC1=Cc2cccc(O)c2S1(=O)=O. The Morgan fingerprint density at radius 1 is 1.38 bits per heavy atom. The lowest BCUT2D eigenvalue weighted by Gasteiger charge is -2.04. The normalized spacial score (nSPS) is 16.9. The molecule has 0 fully saturated rings. The standard InChI is InChI=1S/C11H12O3S2/c1-2-15-7-9-6-8-4-3-5-10(12)11(8)16(9,13)14/h3-6,12H,2,7H2,1H3. The number of sulfone groups is 1.